The molecular formula is C23H26N4O4S2. The van der Waals surface area contributed by atoms with Gasteiger partial charge in [-0.3, -0.25) is 14.2 Å². The summed E-state index contributed by atoms with van der Waals surface area (Å²) in [6.07, 6.45) is 1.59. The second-order valence-corrected chi connectivity index (χ2v) is 9.64. The van der Waals surface area contributed by atoms with Crippen molar-refractivity contribution < 1.29 is 13.2 Å². The Hall–Kier alpha value is -3.08. The number of allylic oxidation sites excluding steroid dienone is 1. The van der Waals surface area contributed by atoms with Gasteiger partial charge in [-0.05, 0) is 48.1 Å². The molecule has 1 amide bonds. The summed E-state index contributed by atoms with van der Waals surface area (Å²) in [5, 5.41) is 3.23. The molecular weight excluding hydrogens is 460 g/mol. The van der Waals surface area contributed by atoms with E-state index < -0.39 is 10.0 Å². The van der Waals surface area contributed by atoms with E-state index >= 15 is 0 Å². The Bertz CT molecular complexity index is 1400. The molecule has 2 N–H and O–H groups in total. The standard InChI is InChI=1S/C23H26N4O4S2/c1-4-13-27-22(29)19-12-9-17(14-20(19)25-23(27)32)21(28)24-15-16-7-10-18(11-8-16)33(30,31)26(5-2)6-3/h4,7-12,14H,1,5-6,13,15H2,2-3H3,(H,24,28)(H,25,32). The molecule has 1 aromatic heterocycles. The Morgan fingerprint density at radius 2 is 1.85 bits per heavy atom. The summed E-state index contributed by atoms with van der Waals surface area (Å²) in [4.78, 5) is 28.4. The lowest BCUT2D eigenvalue weighted by atomic mass is 10.1. The van der Waals surface area contributed by atoms with Crippen LogP contribution in [0.25, 0.3) is 10.9 Å². The number of hydrogen-bond donors (Lipinski definition) is 2. The molecule has 0 aliphatic carbocycles. The second kappa shape index (κ2) is 10.2. The van der Waals surface area contributed by atoms with Crippen LogP contribution in [0.1, 0.15) is 29.8 Å². The van der Waals surface area contributed by atoms with Gasteiger partial charge in [0.2, 0.25) is 10.0 Å². The van der Waals surface area contributed by atoms with Gasteiger partial charge in [0.1, 0.15) is 0 Å². The summed E-state index contributed by atoms with van der Waals surface area (Å²) >= 11 is 5.24. The number of sulfonamides is 1. The fourth-order valence-corrected chi connectivity index (χ4v) is 5.19. The van der Waals surface area contributed by atoms with Crippen LogP contribution in [-0.4, -0.2) is 41.3 Å². The number of aromatic amines is 1. The van der Waals surface area contributed by atoms with Gasteiger partial charge >= 0.3 is 0 Å². The van der Waals surface area contributed by atoms with Gasteiger partial charge in [-0.2, -0.15) is 4.31 Å². The van der Waals surface area contributed by atoms with Gasteiger partial charge in [-0.25, -0.2) is 8.42 Å². The first-order valence-electron chi connectivity index (χ1n) is 10.5. The SMILES string of the molecule is C=CCn1c(=S)[nH]c2cc(C(=O)NCc3ccc(S(=O)(=O)N(CC)CC)cc3)ccc2c1=O. The van der Waals surface area contributed by atoms with Gasteiger partial charge in [0.25, 0.3) is 11.5 Å². The predicted molar refractivity (Wildman–Crippen MR) is 131 cm³/mol. The van der Waals surface area contributed by atoms with Crippen LogP contribution >= 0.6 is 12.2 Å². The Morgan fingerprint density at radius 1 is 1.18 bits per heavy atom. The van der Waals surface area contributed by atoms with E-state index in [0.29, 0.717) is 36.1 Å². The lowest BCUT2D eigenvalue weighted by Crippen LogP contribution is -2.30. The van der Waals surface area contributed by atoms with Crippen molar-refractivity contribution in [3.8, 4) is 0 Å². The van der Waals surface area contributed by atoms with Crippen molar-refractivity contribution in [1.29, 1.82) is 0 Å². The van der Waals surface area contributed by atoms with Crippen LogP contribution in [0.4, 0.5) is 0 Å². The van der Waals surface area contributed by atoms with Crippen molar-refractivity contribution in [3.63, 3.8) is 0 Å². The zero-order chi connectivity index (χ0) is 24.2. The van der Waals surface area contributed by atoms with Gasteiger partial charge in [0.05, 0.1) is 15.8 Å². The van der Waals surface area contributed by atoms with E-state index in [4.69, 9.17) is 12.2 Å². The number of fused-ring (bicyclic) bond motifs is 1. The summed E-state index contributed by atoms with van der Waals surface area (Å²) in [5.74, 6) is -0.327. The van der Waals surface area contributed by atoms with E-state index in [1.807, 2.05) is 0 Å². The van der Waals surface area contributed by atoms with Crippen molar-refractivity contribution in [2.24, 2.45) is 0 Å². The highest BCUT2D eigenvalue weighted by molar-refractivity contribution is 7.89. The number of benzene rings is 2. The molecule has 0 radical (unpaired) electrons. The first-order valence-corrected chi connectivity index (χ1v) is 12.3. The molecule has 33 heavy (non-hydrogen) atoms. The van der Waals surface area contributed by atoms with E-state index in [2.05, 4.69) is 16.9 Å². The summed E-state index contributed by atoms with van der Waals surface area (Å²) < 4.78 is 28.2. The molecule has 0 unspecified atom stereocenters. The highest BCUT2D eigenvalue weighted by atomic mass is 32.2. The topological polar surface area (TPSA) is 104 Å². The first kappa shape index (κ1) is 24.6. The van der Waals surface area contributed by atoms with E-state index in [1.165, 1.54) is 8.87 Å². The number of amides is 1. The minimum absolute atomic E-state index is 0.216. The van der Waals surface area contributed by atoms with Gasteiger partial charge in [0.15, 0.2) is 4.77 Å². The molecule has 3 rings (SSSR count). The molecule has 0 saturated carbocycles. The van der Waals surface area contributed by atoms with Crippen LogP contribution < -0.4 is 10.9 Å². The molecule has 3 aromatic rings. The Labute approximate surface area is 197 Å². The highest BCUT2D eigenvalue weighted by Gasteiger charge is 2.21. The molecule has 0 aliphatic heterocycles. The fraction of sp³-hybridized carbons (Fsp3) is 0.261. The van der Waals surface area contributed by atoms with Crippen molar-refractivity contribution in [3.05, 3.63) is 81.4 Å². The van der Waals surface area contributed by atoms with Crippen molar-refractivity contribution in [2.45, 2.75) is 31.8 Å². The molecule has 0 spiro atoms. The van der Waals surface area contributed by atoms with E-state index in [-0.39, 0.29) is 27.7 Å². The number of H-pyrrole nitrogens is 1. The number of nitrogens with zero attached hydrogens (tertiary/aromatic N) is 2. The second-order valence-electron chi connectivity index (χ2n) is 7.31. The molecule has 174 valence electrons. The van der Waals surface area contributed by atoms with Gasteiger partial charge in [-0.1, -0.05) is 32.1 Å². The van der Waals surface area contributed by atoms with E-state index in [0.717, 1.165) is 5.56 Å². The van der Waals surface area contributed by atoms with E-state index in [9.17, 15) is 18.0 Å². The molecule has 0 bridgehead atoms. The lowest BCUT2D eigenvalue weighted by Gasteiger charge is -2.18. The third-order valence-corrected chi connectivity index (χ3v) is 7.66. The number of hydrogen-bond acceptors (Lipinski definition) is 5. The van der Waals surface area contributed by atoms with Crippen LogP contribution in [0.5, 0.6) is 0 Å². The number of carbonyl (C=O) groups excluding carboxylic acids is 1. The van der Waals surface area contributed by atoms with Crippen LogP contribution in [0.15, 0.2) is 64.8 Å². The van der Waals surface area contributed by atoms with Crippen molar-refractivity contribution >= 4 is 39.1 Å². The zero-order valence-electron chi connectivity index (χ0n) is 18.5. The normalized spacial score (nSPS) is 11.6. The van der Waals surface area contributed by atoms with Gasteiger partial charge in [0, 0.05) is 31.7 Å². The maximum absolute atomic E-state index is 12.6. The van der Waals surface area contributed by atoms with E-state index in [1.54, 1.807) is 62.4 Å². The van der Waals surface area contributed by atoms with Gasteiger partial charge < -0.3 is 10.3 Å². The Morgan fingerprint density at radius 3 is 2.45 bits per heavy atom. The number of aromatic nitrogens is 2. The molecule has 10 heteroatoms. The number of carbonyl (C=O) groups is 1. The maximum atomic E-state index is 12.6. The summed E-state index contributed by atoms with van der Waals surface area (Å²) in [6, 6.07) is 11.2. The average Bonchev–Trinajstić information content (AvgIpc) is 2.80. The van der Waals surface area contributed by atoms with Crippen LogP contribution in [0, 0.1) is 4.77 Å². The minimum Gasteiger partial charge on any atom is -0.348 e. The highest BCUT2D eigenvalue weighted by Crippen LogP contribution is 2.16. The van der Waals surface area contributed by atoms with Gasteiger partial charge in [-0.15, -0.1) is 6.58 Å². The van der Waals surface area contributed by atoms with Crippen molar-refractivity contribution in [1.82, 2.24) is 19.2 Å². The minimum atomic E-state index is -3.53. The molecule has 2 aromatic carbocycles. The smallest absolute Gasteiger partial charge is 0.262 e. The third-order valence-electron chi connectivity index (χ3n) is 5.28. The summed E-state index contributed by atoms with van der Waals surface area (Å²) in [7, 11) is -3.53. The van der Waals surface area contributed by atoms with Crippen molar-refractivity contribution in [2.75, 3.05) is 13.1 Å². The van der Waals surface area contributed by atoms with Crippen LogP contribution in [0.3, 0.4) is 0 Å². The number of rotatable bonds is 9. The van der Waals surface area contributed by atoms with Crippen LogP contribution in [-0.2, 0) is 23.1 Å². The molecule has 0 fully saturated rings. The molecule has 8 nitrogen and oxygen atoms in total. The molecule has 1 heterocycles. The maximum Gasteiger partial charge on any atom is 0.262 e. The summed E-state index contributed by atoms with van der Waals surface area (Å²) in [6.45, 7) is 8.53. The quantitative estimate of drug-likeness (QED) is 0.357. The number of nitrogens with one attached hydrogen (secondary N) is 2. The molecule has 0 atom stereocenters. The first-order chi connectivity index (χ1) is 15.7. The molecule has 0 aliphatic rings. The fourth-order valence-electron chi connectivity index (χ4n) is 3.47. The summed E-state index contributed by atoms with van der Waals surface area (Å²) in [5.41, 5.74) is 1.35. The Balaban J connectivity index is 1.75. The molecule has 0 saturated heterocycles. The average molecular weight is 487 g/mol. The predicted octanol–water partition coefficient (Wildman–Crippen LogP) is 3.21. The largest absolute Gasteiger partial charge is 0.348 e. The lowest BCUT2D eigenvalue weighted by molar-refractivity contribution is 0.0951. The zero-order valence-corrected chi connectivity index (χ0v) is 20.1. The Kier molecular flexibility index (Phi) is 7.62. The monoisotopic (exact) mass is 486 g/mol. The third kappa shape index (κ3) is 5.13. The van der Waals surface area contributed by atoms with Crippen LogP contribution in [0.2, 0.25) is 0 Å².